The minimum absolute atomic E-state index is 0.134. The number of aliphatic hydroxyl groups excluding tert-OH is 2. The second kappa shape index (κ2) is 12.1. The van der Waals surface area contributed by atoms with E-state index in [-0.39, 0.29) is 30.5 Å². The number of ether oxygens (including phenoxy) is 1. The highest BCUT2D eigenvalue weighted by Gasteiger charge is 2.70. The molecule has 2 saturated heterocycles. The van der Waals surface area contributed by atoms with E-state index in [9.17, 15) is 23.9 Å². The van der Waals surface area contributed by atoms with Gasteiger partial charge in [0.05, 0.1) is 24.2 Å². The normalized spacial score (nSPS) is 26.8. The van der Waals surface area contributed by atoms with Crippen molar-refractivity contribution in [2.75, 3.05) is 13.2 Å². The lowest BCUT2D eigenvalue weighted by Gasteiger charge is -2.54. The molecule has 12 heteroatoms. The summed E-state index contributed by atoms with van der Waals surface area (Å²) < 4.78 is 21.2. The van der Waals surface area contributed by atoms with Crippen molar-refractivity contribution in [3.05, 3.63) is 86.8 Å². The number of allylic oxidation sites excluding steroid dienone is 4. The fourth-order valence-corrected chi connectivity index (χ4v) is 7.34. The molecule has 1 unspecified atom stereocenters. The third kappa shape index (κ3) is 5.62. The molecule has 3 aliphatic rings. The molecular formula is C33H36Cl2FN3O6. The van der Waals surface area contributed by atoms with Gasteiger partial charge in [0, 0.05) is 45.6 Å². The minimum atomic E-state index is -1.49. The summed E-state index contributed by atoms with van der Waals surface area (Å²) in [7, 11) is 0. The van der Waals surface area contributed by atoms with Gasteiger partial charge in [-0.25, -0.2) is 4.39 Å². The molecule has 2 aliphatic heterocycles. The highest BCUT2D eigenvalue weighted by atomic mass is 35.5. The Hall–Kier alpha value is -3.44. The van der Waals surface area contributed by atoms with Crippen LogP contribution in [0.4, 0.5) is 4.39 Å². The van der Waals surface area contributed by atoms with Gasteiger partial charge in [-0.05, 0) is 74.7 Å². The van der Waals surface area contributed by atoms with Crippen LogP contribution in [0.25, 0.3) is 0 Å². The first-order chi connectivity index (χ1) is 21.1. The molecule has 1 spiro atoms. The van der Waals surface area contributed by atoms with Crippen molar-refractivity contribution in [1.82, 2.24) is 16.0 Å². The average molecular weight is 661 g/mol. The Bertz CT molecular complexity index is 1630. The molecule has 2 heterocycles. The largest absolute Gasteiger partial charge is 0.478 e. The topological polar surface area (TPSA) is 137 Å². The molecule has 0 saturated carbocycles. The number of hydrogen-bond acceptors (Lipinski definition) is 6. The first-order valence-corrected chi connectivity index (χ1v) is 15.4. The zero-order valence-electron chi connectivity index (χ0n) is 25.3. The van der Waals surface area contributed by atoms with Crippen molar-refractivity contribution < 1.29 is 33.7 Å². The van der Waals surface area contributed by atoms with Gasteiger partial charge in [-0.2, -0.15) is 0 Å². The first-order valence-electron chi connectivity index (χ1n) is 14.6. The van der Waals surface area contributed by atoms with Crippen molar-refractivity contribution in [1.29, 1.82) is 0 Å². The van der Waals surface area contributed by atoms with Gasteiger partial charge >= 0.3 is 0 Å². The standard InChI is InChI=1S/C33H36Cl2FN3O6/c1-17-5-7-20(36)13-22(17)28-33(30(44)38-26-12-19(35)9-10-32(26,33)4)24(14-27(42)39-28)23-11-18(34)6-8-25(23)45-31(2,3)29(43)37-15-21(41)16-40/h5-9,11-13,21,24,28,40-41H,10,14-16H2,1-4H3,(H,37,43)(H,38,44)(H,39,42)/t21-,24+,28-,32?,33-/m0/s1. The molecule has 2 aromatic rings. The minimum Gasteiger partial charge on any atom is -0.478 e. The molecule has 2 aromatic carbocycles. The summed E-state index contributed by atoms with van der Waals surface area (Å²) in [6, 6.07) is 8.11. The van der Waals surface area contributed by atoms with Gasteiger partial charge < -0.3 is 30.9 Å². The lowest BCUT2D eigenvalue weighted by Crippen LogP contribution is -2.60. The number of piperidine rings is 1. The molecule has 5 N–H and O–H groups in total. The molecule has 1 aliphatic carbocycles. The second-order valence-electron chi connectivity index (χ2n) is 12.6. The number of amides is 3. The van der Waals surface area contributed by atoms with Crippen molar-refractivity contribution in [2.45, 2.75) is 64.2 Å². The van der Waals surface area contributed by atoms with Crippen LogP contribution < -0.4 is 20.7 Å². The molecule has 3 amide bonds. The fraction of sp³-hybridized carbons (Fsp3) is 0.424. The molecule has 0 aromatic heterocycles. The van der Waals surface area contributed by atoms with Gasteiger partial charge in [0.25, 0.3) is 5.91 Å². The fourth-order valence-electron chi connectivity index (χ4n) is 6.98. The van der Waals surface area contributed by atoms with Gasteiger partial charge in [0.2, 0.25) is 11.8 Å². The van der Waals surface area contributed by atoms with Crippen LogP contribution >= 0.6 is 23.2 Å². The Kier molecular flexibility index (Phi) is 8.82. The molecule has 5 atom stereocenters. The van der Waals surface area contributed by atoms with E-state index in [1.165, 1.54) is 26.0 Å². The first kappa shape index (κ1) is 32.9. The van der Waals surface area contributed by atoms with Crippen LogP contribution in [0.2, 0.25) is 5.02 Å². The number of fused-ring (bicyclic) bond motifs is 2. The Morgan fingerprint density at radius 3 is 2.64 bits per heavy atom. The third-order valence-electron chi connectivity index (χ3n) is 9.34. The van der Waals surface area contributed by atoms with E-state index < -0.39 is 52.8 Å². The average Bonchev–Trinajstić information content (AvgIpc) is 3.20. The summed E-state index contributed by atoms with van der Waals surface area (Å²) >= 11 is 13.0. The van der Waals surface area contributed by atoms with Crippen molar-refractivity contribution >= 4 is 40.9 Å². The SMILES string of the molecule is Cc1ccc(F)cc1[C@@H]1NC(=O)C[C@H](c2cc(Cl)ccc2OC(C)(C)C(=O)NC[C@H](O)CO)[C@@]12C(=O)NC1=CC(Cl)=CCC12C. The van der Waals surface area contributed by atoms with Crippen molar-refractivity contribution in [3.8, 4) is 5.75 Å². The Balaban J connectivity index is 1.71. The Morgan fingerprint density at radius 1 is 1.20 bits per heavy atom. The van der Waals surface area contributed by atoms with E-state index in [1.807, 2.05) is 13.0 Å². The molecule has 2 fully saturated rings. The lowest BCUT2D eigenvalue weighted by molar-refractivity contribution is -0.145. The van der Waals surface area contributed by atoms with Crippen molar-refractivity contribution in [3.63, 3.8) is 0 Å². The summed E-state index contributed by atoms with van der Waals surface area (Å²) in [5, 5.41) is 28.3. The quantitative estimate of drug-likeness (QED) is 0.287. The maximum atomic E-state index is 14.8. The maximum absolute atomic E-state index is 14.8. The second-order valence-corrected chi connectivity index (χ2v) is 13.5. The summed E-state index contributed by atoms with van der Waals surface area (Å²) in [4.78, 5) is 41.3. The summed E-state index contributed by atoms with van der Waals surface area (Å²) in [6.45, 7) is 6.07. The summed E-state index contributed by atoms with van der Waals surface area (Å²) in [6.07, 6.45) is 2.57. The molecule has 240 valence electrons. The number of carbonyl (C=O) groups excluding carboxylic acids is 3. The lowest BCUT2D eigenvalue weighted by atomic mass is 9.49. The van der Waals surface area contributed by atoms with Crippen LogP contribution in [0, 0.1) is 23.6 Å². The van der Waals surface area contributed by atoms with Gasteiger partial charge in [0.15, 0.2) is 5.60 Å². The van der Waals surface area contributed by atoms with E-state index in [1.54, 1.807) is 37.3 Å². The molecule has 9 nitrogen and oxygen atoms in total. The number of nitrogens with one attached hydrogen (secondary N) is 3. The van der Waals surface area contributed by atoms with E-state index in [4.69, 9.17) is 33.0 Å². The summed E-state index contributed by atoms with van der Waals surface area (Å²) in [5.41, 5.74) is -1.73. The Morgan fingerprint density at radius 2 is 1.93 bits per heavy atom. The highest BCUT2D eigenvalue weighted by Crippen LogP contribution is 2.68. The number of carbonyl (C=O) groups is 3. The number of benzene rings is 2. The van der Waals surface area contributed by atoms with E-state index in [2.05, 4.69) is 16.0 Å². The third-order valence-corrected chi connectivity index (χ3v) is 9.84. The van der Waals surface area contributed by atoms with Crippen LogP contribution in [0.1, 0.15) is 62.3 Å². The predicted octanol–water partition coefficient (Wildman–Crippen LogP) is 4.29. The number of rotatable bonds is 8. The smallest absolute Gasteiger partial charge is 0.263 e. The van der Waals surface area contributed by atoms with Crippen LogP contribution in [-0.4, -0.2) is 52.8 Å². The zero-order valence-corrected chi connectivity index (χ0v) is 26.9. The molecular weight excluding hydrogens is 624 g/mol. The molecule has 45 heavy (non-hydrogen) atoms. The maximum Gasteiger partial charge on any atom is 0.263 e. The van der Waals surface area contributed by atoms with Crippen LogP contribution in [0.15, 0.2) is 59.3 Å². The summed E-state index contributed by atoms with van der Waals surface area (Å²) in [5.74, 6) is -2.46. The number of aliphatic hydroxyl groups is 2. The molecule has 0 bridgehead atoms. The molecule has 5 rings (SSSR count). The van der Waals surface area contributed by atoms with Crippen molar-refractivity contribution in [2.24, 2.45) is 10.8 Å². The van der Waals surface area contributed by atoms with Crippen LogP contribution in [-0.2, 0) is 14.4 Å². The van der Waals surface area contributed by atoms with Crippen LogP contribution in [0.5, 0.6) is 5.75 Å². The Labute approximate surface area is 270 Å². The zero-order chi connectivity index (χ0) is 32.9. The van der Waals surface area contributed by atoms with Gasteiger partial charge in [-0.3, -0.25) is 14.4 Å². The van der Waals surface area contributed by atoms with E-state index in [0.29, 0.717) is 38.9 Å². The number of hydrogen-bond donors (Lipinski definition) is 5. The number of aryl methyl sites for hydroxylation is 1. The van der Waals surface area contributed by atoms with Gasteiger partial charge in [-0.1, -0.05) is 42.3 Å². The van der Waals surface area contributed by atoms with E-state index >= 15 is 0 Å². The highest BCUT2D eigenvalue weighted by molar-refractivity contribution is 6.31. The van der Waals surface area contributed by atoms with Gasteiger partial charge in [-0.15, -0.1) is 0 Å². The van der Waals surface area contributed by atoms with Gasteiger partial charge in [0.1, 0.15) is 11.6 Å². The molecule has 0 radical (unpaired) electrons. The predicted molar refractivity (Wildman–Crippen MR) is 167 cm³/mol. The number of halogens is 3. The monoisotopic (exact) mass is 659 g/mol. The van der Waals surface area contributed by atoms with E-state index in [0.717, 1.165) is 0 Å². The van der Waals surface area contributed by atoms with Crippen LogP contribution in [0.3, 0.4) is 0 Å².